The molecular formula is C14H23FN2. The minimum absolute atomic E-state index is 0.127. The summed E-state index contributed by atoms with van der Waals surface area (Å²) in [7, 11) is 0. The van der Waals surface area contributed by atoms with E-state index < -0.39 is 0 Å². The third-order valence-corrected chi connectivity index (χ3v) is 2.69. The second-order valence-corrected chi connectivity index (χ2v) is 4.36. The highest BCUT2D eigenvalue weighted by atomic mass is 19.1. The van der Waals surface area contributed by atoms with Crippen LogP contribution >= 0.6 is 0 Å². The summed E-state index contributed by atoms with van der Waals surface area (Å²) >= 11 is 0. The van der Waals surface area contributed by atoms with Gasteiger partial charge < -0.3 is 10.6 Å². The van der Waals surface area contributed by atoms with Crippen LogP contribution in [0, 0.1) is 12.7 Å². The van der Waals surface area contributed by atoms with Crippen molar-refractivity contribution in [3.63, 3.8) is 0 Å². The van der Waals surface area contributed by atoms with Gasteiger partial charge in [-0.15, -0.1) is 0 Å². The maximum Gasteiger partial charge on any atom is 0.126 e. The van der Waals surface area contributed by atoms with Gasteiger partial charge in [-0.3, -0.25) is 0 Å². The molecule has 3 heteroatoms. The Morgan fingerprint density at radius 2 is 1.88 bits per heavy atom. The van der Waals surface area contributed by atoms with E-state index in [9.17, 15) is 4.39 Å². The second kappa shape index (κ2) is 8.20. The number of hydrogen-bond acceptors (Lipinski definition) is 2. The molecule has 0 atom stereocenters. The first-order chi connectivity index (χ1) is 8.24. The molecule has 1 aromatic rings. The first-order valence-electron chi connectivity index (χ1n) is 6.40. The van der Waals surface area contributed by atoms with E-state index in [0.717, 1.165) is 38.2 Å². The standard InChI is InChI=1S/C14H23FN2/c1-3-7-16-8-4-9-17-11-13-5-6-14(15)12(2)10-13/h5-6,10,16-17H,3-4,7-9,11H2,1-2H3. The van der Waals surface area contributed by atoms with E-state index in [0.29, 0.717) is 5.56 Å². The van der Waals surface area contributed by atoms with Gasteiger partial charge in [0.1, 0.15) is 5.82 Å². The lowest BCUT2D eigenvalue weighted by molar-refractivity contribution is 0.590. The first-order valence-corrected chi connectivity index (χ1v) is 6.40. The van der Waals surface area contributed by atoms with Gasteiger partial charge >= 0.3 is 0 Å². The normalized spacial score (nSPS) is 10.8. The van der Waals surface area contributed by atoms with E-state index >= 15 is 0 Å². The van der Waals surface area contributed by atoms with Gasteiger partial charge in [0.05, 0.1) is 0 Å². The zero-order chi connectivity index (χ0) is 12.5. The molecule has 0 aliphatic rings. The Morgan fingerprint density at radius 3 is 2.59 bits per heavy atom. The monoisotopic (exact) mass is 238 g/mol. The number of hydrogen-bond donors (Lipinski definition) is 2. The largest absolute Gasteiger partial charge is 0.317 e. The Hall–Kier alpha value is -0.930. The third kappa shape index (κ3) is 5.80. The highest BCUT2D eigenvalue weighted by Gasteiger charge is 1.98. The predicted molar refractivity (Wildman–Crippen MR) is 70.6 cm³/mol. The maximum atomic E-state index is 13.0. The molecule has 96 valence electrons. The molecule has 0 radical (unpaired) electrons. The highest BCUT2D eigenvalue weighted by Crippen LogP contribution is 2.08. The molecule has 0 saturated heterocycles. The van der Waals surface area contributed by atoms with E-state index in [1.165, 1.54) is 12.5 Å². The topological polar surface area (TPSA) is 24.1 Å². The van der Waals surface area contributed by atoms with Crippen molar-refractivity contribution < 1.29 is 4.39 Å². The van der Waals surface area contributed by atoms with Gasteiger partial charge in [-0.2, -0.15) is 0 Å². The minimum Gasteiger partial charge on any atom is -0.317 e. The van der Waals surface area contributed by atoms with Gasteiger partial charge in [-0.05, 0) is 56.6 Å². The molecule has 1 rings (SSSR count). The number of benzene rings is 1. The van der Waals surface area contributed by atoms with Gasteiger partial charge in [0, 0.05) is 6.54 Å². The van der Waals surface area contributed by atoms with Crippen LogP contribution in [0.2, 0.25) is 0 Å². The molecule has 2 nitrogen and oxygen atoms in total. The van der Waals surface area contributed by atoms with Crippen LogP contribution in [0.15, 0.2) is 18.2 Å². The number of aryl methyl sites for hydroxylation is 1. The fourth-order valence-corrected chi connectivity index (χ4v) is 1.69. The molecule has 0 spiro atoms. The van der Waals surface area contributed by atoms with Crippen molar-refractivity contribution in [1.29, 1.82) is 0 Å². The maximum absolute atomic E-state index is 13.0. The molecule has 0 heterocycles. The van der Waals surface area contributed by atoms with Gasteiger partial charge in [0.15, 0.2) is 0 Å². The van der Waals surface area contributed by atoms with Crippen LogP contribution in [0.25, 0.3) is 0 Å². The first kappa shape index (κ1) is 14.1. The van der Waals surface area contributed by atoms with Gasteiger partial charge in [-0.1, -0.05) is 19.1 Å². The minimum atomic E-state index is -0.127. The predicted octanol–water partition coefficient (Wildman–Crippen LogP) is 2.61. The summed E-state index contributed by atoms with van der Waals surface area (Å²) in [6.45, 7) is 7.93. The van der Waals surface area contributed by atoms with Crippen molar-refractivity contribution in [2.45, 2.75) is 33.2 Å². The van der Waals surface area contributed by atoms with Crippen molar-refractivity contribution in [3.05, 3.63) is 35.1 Å². The van der Waals surface area contributed by atoms with Crippen LogP contribution in [-0.4, -0.2) is 19.6 Å². The lowest BCUT2D eigenvalue weighted by atomic mass is 10.1. The smallest absolute Gasteiger partial charge is 0.126 e. The van der Waals surface area contributed by atoms with Crippen LogP contribution in [-0.2, 0) is 6.54 Å². The Kier molecular flexibility index (Phi) is 6.82. The van der Waals surface area contributed by atoms with Crippen molar-refractivity contribution in [3.8, 4) is 0 Å². The SMILES string of the molecule is CCCNCCCNCc1ccc(F)c(C)c1. The molecule has 0 aliphatic carbocycles. The molecule has 0 fully saturated rings. The van der Waals surface area contributed by atoms with E-state index in [1.54, 1.807) is 6.92 Å². The number of rotatable bonds is 8. The summed E-state index contributed by atoms with van der Waals surface area (Å²) in [6.07, 6.45) is 2.31. The van der Waals surface area contributed by atoms with E-state index in [1.807, 2.05) is 12.1 Å². The van der Waals surface area contributed by atoms with Crippen LogP contribution in [0.3, 0.4) is 0 Å². The summed E-state index contributed by atoms with van der Waals surface area (Å²) in [5.41, 5.74) is 1.86. The average Bonchev–Trinajstić information content (AvgIpc) is 2.32. The number of nitrogens with one attached hydrogen (secondary N) is 2. The molecule has 1 aromatic carbocycles. The van der Waals surface area contributed by atoms with Gasteiger partial charge in [0.25, 0.3) is 0 Å². The van der Waals surface area contributed by atoms with Crippen molar-refractivity contribution in [2.75, 3.05) is 19.6 Å². The fraction of sp³-hybridized carbons (Fsp3) is 0.571. The quantitative estimate of drug-likeness (QED) is 0.680. The molecule has 0 aliphatic heterocycles. The third-order valence-electron chi connectivity index (χ3n) is 2.69. The summed E-state index contributed by atoms with van der Waals surface area (Å²) in [6, 6.07) is 5.28. The molecule has 17 heavy (non-hydrogen) atoms. The highest BCUT2D eigenvalue weighted by molar-refractivity contribution is 5.23. The second-order valence-electron chi connectivity index (χ2n) is 4.36. The zero-order valence-electron chi connectivity index (χ0n) is 10.9. The molecule has 2 N–H and O–H groups in total. The van der Waals surface area contributed by atoms with Crippen LogP contribution in [0.5, 0.6) is 0 Å². The van der Waals surface area contributed by atoms with Crippen LogP contribution in [0.4, 0.5) is 4.39 Å². The van der Waals surface area contributed by atoms with E-state index in [2.05, 4.69) is 17.6 Å². The Balaban J connectivity index is 2.11. The molecule has 0 amide bonds. The average molecular weight is 238 g/mol. The summed E-state index contributed by atoms with van der Waals surface area (Å²) in [4.78, 5) is 0. The molecular weight excluding hydrogens is 215 g/mol. The Morgan fingerprint density at radius 1 is 1.12 bits per heavy atom. The number of halogens is 1. The van der Waals surface area contributed by atoms with Crippen molar-refractivity contribution in [2.24, 2.45) is 0 Å². The summed E-state index contributed by atoms with van der Waals surface area (Å²) < 4.78 is 13.0. The van der Waals surface area contributed by atoms with Gasteiger partial charge in [0.2, 0.25) is 0 Å². The molecule has 0 unspecified atom stereocenters. The van der Waals surface area contributed by atoms with E-state index in [4.69, 9.17) is 0 Å². The van der Waals surface area contributed by atoms with Crippen molar-refractivity contribution >= 4 is 0 Å². The van der Waals surface area contributed by atoms with Crippen LogP contribution < -0.4 is 10.6 Å². The molecule has 0 aromatic heterocycles. The fourth-order valence-electron chi connectivity index (χ4n) is 1.69. The summed E-state index contributed by atoms with van der Waals surface area (Å²) in [5, 5.41) is 6.72. The lowest BCUT2D eigenvalue weighted by Crippen LogP contribution is -2.22. The zero-order valence-corrected chi connectivity index (χ0v) is 10.9. The molecule has 0 bridgehead atoms. The Bertz CT molecular complexity index is 326. The lowest BCUT2D eigenvalue weighted by Gasteiger charge is -2.07. The molecule has 0 saturated carbocycles. The van der Waals surface area contributed by atoms with Crippen LogP contribution in [0.1, 0.15) is 30.9 Å². The van der Waals surface area contributed by atoms with E-state index in [-0.39, 0.29) is 5.82 Å². The van der Waals surface area contributed by atoms with Gasteiger partial charge in [-0.25, -0.2) is 4.39 Å². The Labute approximate surface area is 104 Å². The summed E-state index contributed by atoms with van der Waals surface area (Å²) in [5.74, 6) is -0.127. The van der Waals surface area contributed by atoms with Crippen molar-refractivity contribution in [1.82, 2.24) is 10.6 Å².